The summed E-state index contributed by atoms with van der Waals surface area (Å²) in [5.41, 5.74) is 3.77. The highest BCUT2D eigenvalue weighted by Gasteiger charge is 2.21. The number of hydrogen-bond donors (Lipinski definition) is 0. The summed E-state index contributed by atoms with van der Waals surface area (Å²) in [6.45, 7) is 5.07. The van der Waals surface area contributed by atoms with Gasteiger partial charge < -0.3 is 0 Å². The van der Waals surface area contributed by atoms with Crippen molar-refractivity contribution < 1.29 is 4.79 Å². The lowest BCUT2D eigenvalue weighted by Crippen LogP contribution is -2.37. The number of carbonyl (C=O) groups is 1. The van der Waals surface area contributed by atoms with Gasteiger partial charge in [-0.2, -0.15) is 0 Å². The van der Waals surface area contributed by atoms with Crippen molar-refractivity contribution in [3.8, 4) is 0 Å². The molecule has 0 atom stereocenters. The maximum Gasteiger partial charge on any atom is 0.176 e. The summed E-state index contributed by atoms with van der Waals surface area (Å²) in [4.78, 5) is 14.8. The minimum Gasteiger partial charge on any atom is -0.296 e. The third kappa shape index (κ3) is 2.95. The molecule has 1 heterocycles. The molecule has 2 aliphatic rings. The summed E-state index contributed by atoms with van der Waals surface area (Å²) in [7, 11) is 0. The highest BCUT2D eigenvalue weighted by molar-refractivity contribution is 5.97. The summed E-state index contributed by atoms with van der Waals surface area (Å²) in [6.07, 6.45) is 7.39. The number of aryl methyl sites for hydroxylation is 2. The van der Waals surface area contributed by atoms with Gasteiger partial charge in [0.1, 0.15) is 0 Å². The van der Waals surface area contributed by atoms with Crippen LogP contribution in [0.25, 0.3) is 0 Å². The Morgan fingerprint density at radius 3 is 2.70 bits per heavy atom. The Morgan fingerprint density at radius 1 is 1.20 bits per heavy atom. The first kappa shape index (κ1) is 13.8. The Hall–Kier alpha value is -1.15. The molecule has 0 saturated carbocycles. The molecule has 3 rings (SSSR count). The van der Waals surface area contributed by atoms with Crippen LogP contribution in [0.5, 0.6) is 0 Å². The van der Waals surface area contributed by atoms with Gasteiger partial charge in [-0.05, 0) is 68.3 Å². The summed E-state index contributed by atoms with van der Waals surface area (Å²) >= 11 is 0. The minimum absolute atomic E-state index is 0.301. The van der Waals surface area contributed by atoms with E-state index in [1.165, 1.54) is 43.2 Å². The molecule has 0 amide bonds. The first-order valence-corrected chi connectivity index (χ1v) is 8.13. The number of likely N-dealkylation sites (tertiary alicyclic amines) is 1. The van der Waals surface area contributed by atoms with Crippen molar-refractivity contribution in [2.24, 2.45) is 5.92 Å². The predicted octanol–water partition coefficient (Wildman–Crippen LogP) is 3.48. The number of hydrogen-bond acceptors (Lipinski definition) is 2. The van der Waals surface area contributed by atoms with Crippen molar-refractivity contribution in [2.45, 2.75) is 45.4 Å². The number of fused-ring (bicyclic) bond motifs is 1. The second-order valence-electron chi connectivity index (χ2n) is 6.39. The fraction of sp³-hybridized carbons (Fsp3) is 0.611. The van der Waals surface area contributed by atoms with E-state index in [0.717, 1.165) is 31.0 Å². The molecule has 0 radical (unpaired) electrons. The first-order chi connectivity index (χ1) is 9.76. The Balaban J connectivity index is 1.59. The van der Waals surface area contributed by atoms with Gasteiger partial charge in [0.2, 0.25) is 0 Å². The van der Waals surface area contributed by atoms with Crippen molar-refractivity contribution in [1.29, 1.82) is 0 Å². The van der Waals surface area contributed by atoms with Crippen LogP contribution in [0.15, 0.2) is 18.2 Å². The monoisotopic (exact) mass is 271 g/mol. The second-order valence-corrected chi connectivity index (χ2v) is 6.39. The lowest BCUT2D eigenvalue weighted by Gasteiger charge is -2.30. The van der Waals surface area contributed by atoms with E-state index in [1.54, 1.807) is 0 Å². The van der Waals surface area contributed by atoms with Gasteiger partial charge in [-0.3, -0.25) is 9.69 Å². The van der Waals surface area contributed by atoms with Gasteiger partial charge in [0.05, 0.1) is 6.54 Å². The Morgan fingerprint density at radius 2 is 1.95 bits per heavy atom. The lowest BCUT2D eigenvalue weighted by molar-refractivity contribution is 0.0894. The third-order valence-corrected chi connectivity index (χ3v) is 5.07. The molecule has 0 spiro atoms. The number of rotatable bonds is 4. The van der Waals surface area contributed by atoms with Crippen LogP contribution in [0.2, 0.25) is 0 Å². The summed E-state index contributed by atoms with van der Waals surface area (Å²) in [5, 5.41) is 0. The molecule has 2 heteroatoms. The molecule has 1 aliphatic heterocycles. The fourth-order valence-corrected chi connectivity index (χ4v) is 3.59. The molecule has 1 fully saturated rings. The normalized spacial score (nSPS) is 20.1. The highest BCUT2D eigenvalue weighted by atomic mass is 16.1. The van der Waals surface area contributed by atoms with E-state index in [9.17, 15) is 4.79 Å². The molecule has 0 N–H and O–H groups in total. The molecule has 0 unspecified atom stereocenters. The molecule has 20 heavy (non-hydrogen) atoms. The molecule has 1 aromatic carbocycles. The van der Waals surface area contributed by atoms with Crippen LogP contribution in [0.4, 0.5) is 0 Å². The van der Waals surface area contributed by atoms with E-state index >= 15 is 0 Å². The molecule has 1 saturated heterocycles. The van der Waals surface area contributed by atoms with Crippen molar-refractivity contribution in [3.63, 3.8) is 0 Å². The van der Waals surface area contributed by atoms with Crippen LogP contribution < -0.4 is 0 Å². The van der Waals surface area contributed by atoms with Crippen LogP contribution in [-0.4, -0.2) is 30.3 Å². The number of benzene rings is 1. The zero-order chi connectivity index (χ0) is 13.9. The smallest absolute Gasteiger partial charge is 0.176 e. The van der Waals surface area contributed by atoms with Crippen molar-refractivity contribution in [1.82, 2.24) is 4.90 Å². The van der Waals surface area contributed by atoms with Crippen LogP contribution in [0.1, 0.15) is 54.1 Å². The topological polar surface area (TPSA) is 20.3 Å². The second kappa shape index (κ2) is 6.09. The van der Waals surface area contributed by atoms with Gasteiger partial charge >= 0.3 is 0 Å². The molecule has 0 bridgehead atoms. The Bertz CT molecular complexity index is 486. The van der Waals surface area contributed by atoms with Gasteiger partial charge in [-0.1, -0.05) is 25.5 Å². The maximum atomic E-state index is 12.4. The van der Waals surface area contributed by atoms with Gasteiger partial charge in [-0.25, -0.2) is 0 Å². The Labute approximate surface area is 122 Å². The SMILES string of the molecule is CCC1CCN(CC(=O)c2ccc3c(c2)CCC3)CC1. The van der Waals surface area contributed by atoms with Crippen LogP contribution in [0, 0.1) is 5.92 Å². The standard InChI is InChI=1S/C18H25NO/c1-2-14-8-10-19(11-9-14)13-18(20)17-7-6-15-4-3-5-16(15)12-17/h6-7,12,14H,2-5,8-11,13H2,1H3. The Kier molecular flexibility index (Phi) is 4.21. The van der Waals surface area contributed by atoms with E-state index in [2.05, 4.69) is 24.0 Å². The average Bonchev–Trinajstić information content (AvgIpc) is 2.95. The number of nitrogens with zero attached hydrogens (tertiary/aromatic N) is 1. The van der Waals surface area contributed by atoms with Gasteiger partial charge in [-0.15, -0.1) is 0 Å². The van der Waals surface area contributed by atoms with Crippen molar-refractivity contribution in [2.75, 3.05) is 19.6 Å². The van der Waals surface area contributed by atoms with E-state index in [-0.39, 0.29) is 0 Å². The van der Waals surface area contributed by atoms with Crippen LogP contribution >= 0.6 is 0 Å². The van der Waals surface area contributed by atoms with Crippen molar-refractivity contribution >= 4 is 5.78 Å². The van der Waals surface area contributed by atoms with Crippen LogP contribution in [-0.2, 0) is 12.8 Å². The number of ketones is 1. The molecule has 1 aromatic rings. The highest BCUT2D eigenvalue weighted by Crippen LogP contribution is 2.24. The van der Waals surface area contributed by atoms with Crippen LogP contribution in [0.3, 0.4) is 0 Å². The molecule has 1 aliphatic carbocycles. The van der Waals surface area contributed by atoms with E-state index < -0.39 is 0 Å². The van der Waals surface area contributed by atoms with Gasteiger partial charge in [0.15, 0.2) is 5.78 Å². The quantitative estimate of drug-likeness (QED) is 0.781. The third-order valence-electron chi connectivity index (χ3n) is 5.07. The largest absolute Gasteiger partial charge is 0.296 e. The average molecular weight is 271 g/mol. The summed E-state index contributed by atoms with van der Waals surface area (Å²) in [6, 6.07) is 6.34. The lowest BCUT2D eigenvalue weighted by atomic mass is 9.94. The van der Waals surface area contributed by atoms with E-state index in [1.807, 2.05) is 6.07 Å². The zero-order valence-electron chi connectivity index (χ0n) is 12.5. The van der Waals surface area contributed by atoms with Crippen molar-refractivity contribution in [3.05, 3.63) is 34.9 Å². The van der Waals surface area contributed by atoms with E-state index in [0.29, 0.717) is 12.3 Å². The number of Topliss-reactive ketones (excluding diaryl/α,β-unsaturated/α-hetero) is 1. The molecular formula is C18H25NO. The first-order valence-electron chi connectivity index (χ1n) is 8.13. The van der Waals surface area contributed by atoms with Gasteiger partial charge in [0, 0.05) is 5.56 Å². The predicted molar refractivity (Wildman–Crippen MR) is 82.3 cm³/mol. The molecule has 2 nitrogen and oxygen atoms in total. The minimum atomic E-state index is 0.301. The summed E-state index contributed by atoms with van der Waals surface area (Å²) < 4.78 is 0. The van der Waals surface area contributed by atoms with E-state index in [4.69, 9.17) is 0 Å². The maximum absolute atomic E-state index is 12.4. The zero-order valence-corrected chi connectivity index (χ0v) is 12.5. The number of carbonyl (C=O) groups excluding carboxylic acids is 1. The molecular weight excluding hydrogens is 246 g/mol. The fourth-order valence-electron chi connectivity index (χ4n) is 3.59. The molecule has 108 valence electrons. The summed E-state index contributed by atoms with van der Waals surface area (Å²) in [5.74, 6) is 1.18. The number of piperidine rings is 1. The molecule has 0 aromatic heterocycles. The van der Waals surface area contributed by atoms with Gasteiger partial charge in [0.25, 0.3) is 0 Å².